The largest absolute Gasteiger partial charge is 0.458 e. The standard InChI is InChI=1S/C11H15N5OS/c1-12-9-13-10(16(2)3)15-11(14-9)17-7-8-5-4-6-18-8/h4-6H,7H2,1-3H3,(H,12,13,14,15). The molecule has 0 saturated carbocycles. The van der Waals surface area contributed by atoms with Crippen molar-refractivity contribution < 1.29 is 4.74 Å². The Morgan fingerprint density at radius 1 is 1.33 bits per heavy atom. The maximum absolute atomic E-state index is 5.57. The van der Waals surface area contributed by atoms with Crippen molar-refractivity contribution in [1.29, 1.82) is 0 Å². The molecule has 0 aliphatic rings. The van der Waals surface area contributed by atoms with E-state index >= 15 is 0 Å². The van der Waals surface area contributed by atoms with Crippen LogP contribution < -0.4 is 15.0 Å². The van der Waals surface area contributed by atoms with Gasteiger partial charge in [-0.1, -0.05) is 6.07 Å². The second-order valence-corrected chi connectivity index (χ2v) is 4.79. The zero-order valence-corrected chi connectivity index (χ0v) is 11.4. The van der Waals surface area contributed by atoms with Crippen molar-refractivity contribution in [2.75, 3.05) is 31.4 Å². The first-order valence-electron chi connectivity index (χ1n) is 5.45. The first-order chi connectivity index (χ1) is 8.69. The van der Waals surface area contributed by atoms with Crippen LogP contribution >= 0.6 is 11.3 Å². The monoisotopic (exact) mass is 265 g/mol. The van der Waals surface area contributed by atoms with Gasteiger partial charge in [0.2, 0.25) is 11.9 Å². The molecule has 0 aliphatic carbocycles. The minimum atomic E-state index is 0.325. The van der Waals surface area contributed by atoms with Gasteiger partial charge < -0.3 is 15.0 Å². The van der Waals surface area contributed by atoms with Crippen LogP contribution in [0.1, 0.15) is 4.88 Å². The molecule has 6 nitrogen and oxygen atoms in total. The van der Waals surface area contributed by atoms with Crippen molar-refractivity contribution in [3.05, 3.63) is 22.4 Å². The number of nitrogens with one attached hydrogen (secondary N) is 1. The lowest BCUT2D eigenvalue weighted by Gasteiger charge is -2.12. The molecule has 7 heteroatoms. The molecule has 1 N–H and O–H groups in total. The van der Waals surface area contributed by atoms with Crippen molar-refractivity contribution >= 4 is 23.2 Å². The Balaban J connectivity index is 2.13. The molecule has 0 spiro atoms. The summed E-state index contributed by atoms with van der Waals surface area (Å²) in [6.07, 6.45) is 0. The normalized spacial score (nSPS) is 10.2. The van der Waals surface area contributed by atoms with Crippen LogP contribution in [0.15, 0.2) is 17.5 Å². The van der Waals surface area contributed by atoms with Gasteiger partial charge in [0.1, 0.15) is 6.61 Å². The van der Waals surface area contributed by atoms with Crippen LogP contribution in [-0.2, 0) is 6.61 Å². The summed E-state index contributed by atoms with van der Waals surface area (Å²) < 4.78 is 5.57. The van der Waals surface area contributed by atoms with E-state index in [0.29, 0.717) is 24.5 Å². The Morgan fingerprint density at radius 2 is 2.17 bits per heavy atom. The van der Waals surface area contributed by atoms with Gasteiger partial charge in [0.25, 0.3) is 0 Å². The van der Waals surface area contributed by atoms with Crippen LogP contribution in [-0.4, -0.2) is 36.1 Å². The van der Waals surface area contributed by atoms with Crippen LogP contribution in [0, 0.1) is 0 Å². The van der Waals surface area contributed by atoms with Gasteiger partial charge in [-0.25, -0.2) is 0 Å². The highest BCUT2D eigenvalue weighted by molar-refractivity contribution is 7.09. The van der Waals surface area contributed by atoms with E-state index in [9.17, 15) is 0 Å². The van der Waals surface area contributed by atoms with Gasteiger partial charge in [0, 0.05) is 26.0 Å². The van der Waals surface area contributed by atoms with Crippen LogP contribution in [0.3, 0.4) is 0 Å². The molecule has 0 aliphatic heterocycles. The van der Waals surface area contributed by atoms with Crippen LogP contribution in [0.5, 0.6) is 6.01 Å². The molecule has 0 bridgehead atoms. The minimum absolute atomic E-state index is 0.325. The summed E-state index contributed by atoms with van der Waals surface area (Å²) in [6, 6.07) is 4.32. The number of rotatable bonds is 5. The van der Waals surface area contributed by atoms with Gasteiger partial charge in [-0.3, -0.25) is 0 Å². The van der Waals surface area contributed by atoms with Gasteiger partial charge in [-0.15, -0.1) is 11.3 Å². The molecule has 2 rings (SSSR count). The molecule has 0 unspecified atom stereocenters. The smallest absolute Gasteiger partial charge is 0.323 e. The number of aromatic nitrogens is 3. The first-order valence-corrected chi connectivity index (χ1v) is 6.33. The van der Waals surface area contributed by atoms with E-state index in [2.05, 4.69) is 20.3 Å². The average Bonchev–Trinajstić information content (AvgIpc) is 2.89. The molecule has 0 atom stereocenters. The van der Waals surface area contributed by atoms with Gasteiger partial charge >= 0.3 is 6.01 Å². The molecule has 18 heavy (non-hydrogen) atoms. The lowest BCUT2D eigenvalue weighted by atomic mass is 10.5. The van der Waals surface area contributed by atoms with Crippen LogP contribution in [0.2, 0.25) is 0 Å². The van der Waals surface area contributed by atoms with E-state index in [-0.39, 0.29) is 0 Å². The molecule has 0 radical (unpaired) electrons. The average molecular weight is 265 g/mol. The molecule has 0 aromatic carbocycles. The summed E-state index contributed by atoms with van der Waals surface area (Å²) in [5.41, 5.74) is 0. The molecule has 2 aromatic rings. The predicted molar refractivity (Wildman–Crippen MR) is 72.4 cm³/mol. The highest BCUT2D eigenvalue weighted by Gasteiger charge is 2.08. The Bertz CT molecular complexity index is 500. The quantitative estimate of drug-likeness (QED) is 0.886. The highest BCUT2D eigenvalue weighted by atomic mass is 32.1. The number of hydrogen-bond donors (Lipinski definition) is 1. The van der Waals surface area contributed by atoms with Crippen molar-refractivity contribution in [2.24, 2.45) is 0 Å². The molecule has 0 saturated heterocycles. The third-order valence-corrected chi connectivity index (χ3v) is 3.00. The van der Waals surface area contributed by atoms with E-state index in [4.69, 9.17) is 4.74 Å². The third-order valence-electron chi connectivity index (χ3n) is 2.15. The van der Waals surface area contributed by atoms with Crippen molar-refractivity contribution in [3.8, 4) is 6.01 Å². The maximum Gasteiger partial charge on any atom is 0.323 e. The summed E-state index contributed by atoms with van der Waals surface area (Å²) in [7, 11) is 5.51. The van der Waals surface area contributed by atoms with Gasteiger partial charge in [0.15, 0.2) is 0 Å². The summed E-state index contributed by atoms with van der Waals surface area (Å²) in [5.74, 6) is 1.06. The molecule has 96 valence electrons. The Hall–Kier alpha value is -1.89. The number of thiophene rings is 1. The molecule has 0 fully saturated rings. The molecular formula is C11H15N5OS. The number of nitrogens with zero attached hydrogens (tertiary/aromatic N) is 4. The van der Waals surface area contributed by atoms with E-state index in [0.717, 1.165) is 4.88 Å². The van der Waals surface area contributed by atoms with Crippen LogP contribution in [0.25, 0.3) is 0 Å². The predicted octanol–water partition coefficient (Wildman–Crippen LogP) is 1.62. The van der Waals surface area contributed by atoms with Gasteiger partial charge in [-0.2, -0.15) is 15.0 Å². The van der Waals surface area contributed by atoms with Gasteiger partial charge in [0.05, 0.1) is 0 Å². The topological polar surface area (TPSA) is 63.2 Å². The van der Waals surface area contributed by atoms with Crippen molar-refractivity contribution in [1.82, 2.24) is 15.0 Å². The molecule has 0 amide bonds. The van der Waals surface area contributed by atoms with E-state index in [1.54, 1.807) is 23.3 Å². The Kier molecular flexibility index (Phi) is 3.93. The van der Waals surface area contributed by atoms with Crippen molar-refractivity contribution in [3.63, 3.8) is 0 Å². The lowest BCUT2D eigenvalue weighted by Crippen LogP contribution is -2.15. The SMILES string of the molecule is CNc1nc(OCc2cccs2)nc(N(C)C)n1. The fourth-order valence-electron chi connectivity index (χ4n) is 1.25. The molecular weight excluding hydrogens is 250 g/mol. The van der Waals surface area contributed by atoms with E-state index < -0.39 is 0 Å². The Labute approximate surface area is 110 Å². The van der Waals surface area contributed by atoms with Crippen LogP contribution in [0.4, 0.5) is 11.9 Å². The number of ether oxygens (including phenoxy) is 1. The van der Waals surface area contributed by atoms with E-state index in [1.807, 2.05) is 31.6 Å². The van der Waals surface area contributed by atoms with Crippen molar-refractivity contribution in [2.45, 2.75) is 6.61 Å². The third kappa shape index (κ3) is 3.07. The number of anilines is 2. The summed E-state index contributed by atoms with van der Waals surface area (Å²) in [6.45, 7) is 0.470. The minimum Gasteiger partial charge on any atom is -0.458 e. The molecule has 2 aromatic heterocycles. The summed E-state index contributed by atoms with van der Waals surface area (Å²) in [5, 5.41) is 4.90. The fraction of sp³-hybridized carbons (Fsp3) is 0.364. The highest BCUT2D eigenvalue weighted by Crippen LogP contribution is 2.15. The second kappa shape index (κ2) is 5.63. The lowest BCUT2D eigenvalue weighted by molar-refractivity contribution is 0.283. The Morgan fingerprint density at radius 3 is 2.78 bits per heavy atom. The van der Waals surface area contributed by atoms with Gasteiger partial charge in [-0.05, 0) is 11.4 Å². The zero-order valence-electron chi connectivity index (χ0n) is 10.5. The maximum atomic E-state index is 5.57. The second-order valence-electron chi connectivity index (χ2n) is 3.75. The summed E-state index contributed by atoms with van der Waals surface area (Å²) >= 11 is 1.64. The first kappa shape index (κ1) is 12.6. The number of hydrogen-bond acceptors (Lipinski definition) is 7. The summed E-state index contributed by atoms with van der Waals surface area (Å²) in [4.78, 5) is 15.5. The van der Waals surface area contributed by atoms with E-state index in [1.165, 1.54) is 0 Å². The zero-order chi connectivity index (χ0) is 13.0. The fourth-order valence-corrected chi connectivity index (χ4v) is 1.87. The molecule has 2 heterocycles.